The number of benzene rings is 3. The van der Waals surface area contributed by atoms with Crippen molar-refractivity contribution in [3.8, 4) is 0 Å². The molecule has 10 amide bonds. The van der Waals surface area contributed by atoms with Crippen LogP contribution < -0.4 is 81.0 Å². The van der Waals surface area contributed by atoms with Crippen molar-refractivity contribution < 1.29 is 53.1 Å². The molecule has 1 aliphatic heterocycles. The normalized spacial score (nSPS) is 15.2. The number of likely N-dealkylation sites (tertiary alicyclic amines) is 1. The van der Waals surface area contributed by atoms with Crippen molar-refractivity contribution in [3.63, 3.8) is 0 Å². The van der Waals surface area contributed by atoms with Crippen LogP contribution in [0.3, 0.4) is 0 Å². The predicted octanol–water partition coefficient (Wildman–Crippen LogP) is 1.40. The molecule has 0 aliphatic carbocycles. The van der Waals surface area contributed by atoms with E-state index in [1.54, 1.807) is 43.3 Å². The highest BCUT2D eigenvalue weighted by atomic mass is 35.5. The summed E-state index contributed by atoms with van der Waals surface area (Å²) in [5.41, 5.74) is 19.1. The minimum atomic E-state index is -1.78. The first kappa shape index (κ1) is 84.7. The van der Waals surface area contributed by atoms with Crippen LogP contribution in [-0.4, -0.2) is 204 Å². The Morgan fingerprint density at radius 1 is 0.546 bits per heavy atom. The average Bonchev–Trinajstić information content (AvgIpc) is 1.63. The number of nitrogens with one attached hydrogen (secondary N) is 14. The third kappa shape index (κ3) is 28.3. The molecule has 3 aromatic heterocycles. The molecule has 0 bridgehead atoms. The number of rotatable bonds is 45. The Balaban J connectivity index is 1.13. The van der Waals surface area contributed by atoms with Crippen LogP contribution in [0.2, 0.25) is 5.02 Å². The van der Waals surface area contributed by atoms with E-state index in [2.05, 4.69) is 99.1 Å². The number of aromatic amines is 2. The number of carbonyl (C=O) groups excluding carboxylic acids is 10. The van der Waals surface area contributed by atoms with Gasteiger partial charge in [0.2, 0.25) is 82.9 Å². The molecule has 3 aromatic carbocycles. The van der Waals surface area contributed by atoms with E-state index in [9.17, 15) is 43.5 Å². The molecule has 34 nitrogen and oxygen atoms in total. The Morgan fingerprint density at radius 2 is 1.03 bits per heavy atom. The van der Waals surface area contributed by atoms with E-state index in [1.807, 2.05) is 70.2 Å². The predicted molar refractivity (Wildman–Crippen MR) is 408 cm³/mol. The highest BCUT2D eigenvalue weighted by Crippen LogP contribution is 2.23. The zero-order valence-electron chi connectivity index (χ0n) is 62.1. The summed E-state index contributed by atoms with van der Waals surface area (Å²) in [6.45, 7) is 11.1. The molecule has 0 unspecified atom stereocenters. The van der Waals surface area contributed by atoms with E-state index < -0.39 is 126 Å². The molecule has 1 saturated heterocycles. The summed E-state index contributed by atoms with van der Waals surface area (Å²) in [5.74, 6) is -6.90. The van der Waals surface area contributed by atoms with Gasteiger partial charge in [0.15, 0.2) is 0 Å². The summed E-state index contributed by atoms with van der Waals surface area (Å²) in [7, 11) is 0. The fourth-order valence-electron chi connectivity index (χ4n) is 12.4. The van der Waals surface area contributed by atoms with Gasteiger partial charge in [-0.2, -0.15) is 9.97 Å². The topological polar surface area (TPSA) is 513 Å². The van der Waals surface area contributed by atoms with Crippen LogP contribution in [0.5, 0.6) is 0 Å². The van der Waals surface area contributed by atoms with Gasteiger partial charge < -0.3 is 91.0 Å². The number of hydrogen-bond acceptors (Lipinski definition) is 22. The van der Waals surface area contributed by atoms with Gasteiger partial charge in [0, 0.05) is 69.3 Å². The quantitative estimate of drug-likeness (QED) is 0.0190. The molecule has 586 valence electrons. The smallest absolute Gasteiger partial charge is 0.245 e. The van der Waals surface area contributed by atoms with Crippen molar-refractivity contribution in [1.82, 2.24) is 93.4 Å². The number of aromatic nitrogens is 7. The summed E-state index contributed by atoms with van der Waals surface area (Å²) in [6, 6.07) is 11.4. The number of pyridine rings is 1. The van der Waals surface area contributed by atoms with Crippen molar-refractivity contribution in [2.75, 3.05) is 54.9 Å². The van der Waals surface area contributed by atoms with E-state index in [0.717, 1.165) is 16.3 Å². The van der Waals surface area contributed by atoms with Gasteiger partial charge in [-0.1, -0.05) is 100.0 Å². The monoisotopic (exact) mass is 1520 g/mol. The van der Waals surface area contributed by atoms with Gasteiger partial charge in [0.1, 0.15) is 54.4 Å². The largest absolute Gasteiger partial charge is 0.394 e. The van der Waals surface area contributed by atoms with Gasteiger partial charge in [-0.25, -0.2) is 10.2 Å². The maximum Gasteiger partial charge on any atom is 0.245 e. The van der Waals surface area contributed by atoms with Crippen LogP contribution in [0, 0.1) is 5.92 Å². The molecule has 4 heterocycles. The molecule has 0 spiro atoms. The van der Waals surface area contributed by atoms with E-state index >= 15 is 9.59 Å². The molecule has 10 atom stereocenters. The number of aliphatic hydroxyl groups is 1. The number of nitrogens with zero attached hydrogens (tertiary/aromatic N) is 6. The molecule has 0 saturated carbocycles. The molecule has 21 N–H and O–H groups in total. The highest BCUT2D eigenvalue weighted by molar-refractivity contribution is 6.30. The molecule has 7 rings (SSSR count). The average molecular weight is 1520 g/mol. The van der Waals surface area contributed by atoms with Gasteiger partial charge in [-0.15, -0.1) is 10.2 Å². The molecule has 6 aromatic rings. The number of hydrogen-bond donors (Lipinski definition) is 18. The van der Waals surface area contributed by atoms with Gasteiger partial charge in [-0.3, -0.25) is 52.9 Å². The maximum absolute atomic E-state index is 15.1. The lowest BCUT2D eigenvalue weighted by Crippen LogP contribution is -2.61. The number of amides is 10. The first-order valence-corrected chi connectivity index (χ1v) is 37.1. The second kappa shape index (κ2) is 43.3. The molecular weight excluding hydrogens is 1410 g/mol. The summed E-state index contributed by atoms with van der Waals surface area (Å²) in [4.78, 5) is 158. The lowest BCUT2D eigenvalue weighted by molar-refractivity contribution is -0.142. The highest BCUT2D eigenvalue weighted by Gasteiger charge is 2.40. The Hall–Kier alpha value is -10.6. The van der Waals surface area contributed by atoms with E-state index in [0.29, 0.717) is 67.8 Å². The number of anilines is 4. The van der Waals surface area contributed by atoms with Gasteiger partial charge in [-0.05, 0) is 142 Å². The lowest BCUT2D eigenvalue weighted by atomic mass is 9.99. The molecule has 1 aliphatic rings. The first-order chi connectivity index (χ1) is 51.7. The number of aliphatic hydroxyl groups excluding tert-OH is 1. The van der Waals surface area contributed by atoms with Crippen LogP contribution in [0.15, 0.2) is 91.3 Å². The van der Waals surface area contributed by atoms with Crippen LogP contribution in [-0.2, 0) is 67.2 Å². The number of unbranched alkanes of at least 4 members (excludes halogenated alkanes) is 3. The minimum absolute atomic E-state index is 0.0219. The van der Waals surface area contributed by atoms with Crippen LogP contribution in [0.1, 0.15) is 135 Å². The van der Waals surface area contributed by atoms with E-state index in [1.165, 1.54) is 24.2 Å². The van der Waals surface area contributed by atoms with Crippen molar-refractivity contribution in [3.05, 3.63) is 113 Å². The zero-order valence-corrected chi connectivity index (χ0v) is 62.8. The van der Waals surface area contributed by atoms with Gasteiger partial charge >= 0.3 is 0 Å². The van der Waals surface area contributed by atoms with E-state index in [4.69, 9.17) is 28.8 Å². The maximum atomic E-state index is 15.1. The molecule has 0 radical (unpaired) electrons. The fourth-order valence-corrected chi connectivity index (χ4v) is 12.6. The van der Waals surface area contributed by atoms with Crippen LogP contribution >= 0.6 is 11.6 Å². The van der Waals surface area contributed by atoms with Crippen molar-refractivity contribution in [1.29, 1.82) is 0 Å². The number of carbonyl (C=O) groups is 10. The Morgan fingerprint density at radius 3 is 1.56 bits per heavy atom. The molecule has 108 heavy (non-hydrogen) atoms. The second-order valence-corrected chi connectivity index (χ2v) is 28.2. The van der Waals surface area contributed by atoms with Gasteiger partial charge in [0.25, 0.3) is 0 Å². The van der Waals surface area contributed by atoms with Crippen molar-refractivity contribution in [2.24, 2.45) is 11.7 Å². The summed E-state index contributed by atoms with van der Waals surface area (Å²) in [6.07, 6.45) is 5.56. The molecule has 35 heteroatoms. The number of halogens is 1. The summed E-state index contributed by atoms with van der Waals surface area (Å²) < 4.78 is 0. The number of nitrogen functional groups attached to an aromatic ring is 2. The van der Waals surface area contributed by atoms with Crippen LogP contribution in [0.25, 0.3) is 10.8 Å². The first-order valence-electron chi connectivity index (χ1n) is 36.8. The van der Waals surface area contributed by atoms with Gasteiger partial charge in [0.05, 0.1) is 12.8 Å². The Kier molecular flexibility index (Phi) is 33.9. The number of nitrogens with two attached hydrogens (primary N) is 3. The fraction of sp³-hybridized carbons (Fsp3) is 0.521. The SMILES string of the molecule is CC(=O)N[C@H](Cc1ccc2ccccc2c1)C(=O)N[C@H](Cc1ccc(Cl)cc1)C(=O)N[C@H](Cc1cccnc1)C(=O)N[C@@H](CO)C(=O)N[C@@H](CCCCNc1n[nH]c(N)n1)C(=O)N[C@H](CCCCNc1n[nH]c(N)n1)C(=O)N[C@@H](CC(C)C)C(=O)N[C@@H](CCCCNC(C)C)C(=O)N1CCC[C@H]1C(=O)N[C@H](C)N. The summed E-state index contributed by atoms with van der Waals surface area (Å²) >= 11 is 6.26. The number of H-pyrrole nitrogens is 2. The third-order valence-corrected chi connectivity index (χ3v) is 18.1. The Bertz CT molecular complexity index is 3920. The Labute approximate surface area is 632 Å². The lowest BCUT2D eigenvalue weighted by Gasteiger charge is -2.31. The van der Waals surface area contributed by atoms with E-state index in [-0.39, 0.29) is 107 Å². The van der Waals surface area contributed by atoms with Crippen LogP contribution in [0.4, 0.5) is 23.8 Å². The zero-order chi connectivity index (χ0) is 78.2. The third-order valence-electron chi connectivity index (χ3n) is 17.9. The molecule has 1 fully saturated rings. The standard InChI is InChI=1S/C73H106ClN23O11/c1-42(2)35-55(63(102)86-54(22-11-12-31-79-43(3)4)69(108)97-34-16-23-60(97)68(107)82-44(5)75)87-62(101)53(21-10-14-33-81-73-92-71(77)94-96-73)84-61(100)52(20-9-13-32-80-72-91-70(76)93-95-72)85-67(106)59(41-98)90-66(105)58(39-48-17-15-30-78-40-48)89-65(104)57(37-46-25-28-51(74)29-26-46)88-64(103)56(83-45(6)99)38-47-24-27-49-18-7-8-19-50(49)36-47/h7-8,15,17-19,24-30,36,40,42-44,52-60,79,98H,9-14,16,20-23,31-35,37-39,41,75H2,1-6H3,(H,82,107)(H,83,99)(H,84,100)(H,85,106)(H,86,102)(H,87,101)(H,88,103)(H,89,104)(H,90,105)(H4,76,80,91,93,95)(H4,77,81,92,94,96)/t44-,52+,53-,54+,55+,56-,57-,58-,59+,60+/m1/s1. The second-order valence-electron chi connectivity index (χ2n) is 27.8. The van der Waals surface area contributed by atoms with Crippen molar-refractivity contribution in [2.45, 2.75) is 204 Å². The minimum Gasteiger partial charge on any atom is -0.394 e. The summed E-state index contributed by atoms with van der Waals surface area (Å²) in [5, 5.41) is 60.6. The molecular formula is C73H106ClN23O11. The number of fused-ring (bicyclic) bond motifs is 1. The van der Waals surface area contributed by atoms with Crippen molar-refractivity contribution >= 4 is 105 Å².